The average molecular weight is 391 g/mol. The lowest BCUT2D eigenvalue weighted by molar-refractivity contribution is -0.126. The second kappa shape index (κ2) is 7.37. The molecule has 0 aromatic rings. The summed E-state index contributed by atoms with van der Waals surface area (Å²) in [5.41, 5.74) is 0.563. The van der Waals surface area contributed by atoms with Gasteiger partial charge in [0, 0.05) is 36.8 Å². The number of amides is 1. The van der Waals surface area contributed by atoms with Gasteiger partial charge in [0.15, 0.2) is 0 Å². The molecule has 6 nitrogen and oxygen atoms in total. The molecule has 4 aliphatic rings. The van der Waals surface area contributed by atoms with Gasteiger partial charge in [-0.1, -0.05) is 24.3 Å². The van der Waals surface area contributed by atoms with Crippen LogP contribution in [0.4, 0.5) is 0 Å². The predicted molar refractivity (Wildman–Crippen MR) is 103 cm³/mol. The summed E-state index contributed by atoms with van der Waals surface area (Å²) in [6.45, 7) is 0.645. The lowest BCUT2D eigenvalue weighted by atomic mass is 9.90. The smallest absolute Gasteiger partial charge is 0.254 e. The number of sulfonamides is 1. The van der Waals surface area contributed by atoms with Gasteiger partial charge in [0.25, 0.3) is 5.91 Å². The van der Waals surface area contributed by atoms with Gasteiger partial charge in [-0.15, -0.1) is 0 Å². The number of nitrogens with zero attached hydrogens (tertiary/aromatic N) is 2. The van der Waals surface area contributed by atoms with Crippen molar-refractivity contribution in [3.05, 3.63) is 47.1 Å². The Labute approximate surface area is 160 Å². The quantitative estimate of drug-likeness (QED) is 0.749. The predicted octanol–water partition coefficient (Wildman–Crippen LogP) is 2.07. The summed E-state index contributed by atoms with van der Waals surface area (Å²) in [4.78, 5) is 15.1. The van der Waals surface area contributed by atoms with Crippen LogP contribution in [-0.4, -0.2) is 53.9 Å². The molecule has 2 atom stereocenters. The number of carbonyl (C=O) groups is 1. The number of carbonyl (C=O) groups excluding carboxylic acids is 1. The Bertz CT molecular complexity index is 832. The van der Waals surface area contributed by atoms with Gasteiger partial charge in [-0.2, -0.15) is 4.31 Å². The summed E-state index contributed by atoms with van der Waals surface area (Å²) in [5.74, 6) is 0.283. The summed E-state index contributed by atoms with van der Waals surface area (Å²) in [7, 11) is -3.61. The summed E-state index contributed by atoms with van der Waals surface area (Å²) < 4.78 is 27.3. The minimum absolute atomic E-state index is 0.0797. The van der Waals surface area contributed by atoms with Gasteiger partial charge in [-0.25, -0.2) is 8.42 Å². The van der Waals surface area contributed by atoms with E-state index in [1.165, 1.54) is 4.31 Å². The Morgan fingerprint density at radius 3 is 2.67 bits per heavy atom. The highest BCUT2D eigenvalue weighted by molar-refractivity contribution is 7.93. The van der Waals surface area contributed by atoms with E-state index in [9.17, 15) is 18.3 Å². The maximum absolute atomic E-state index is 13.1. The number of fused-ring (bicyclic) bond motifs is 1. The van der Waals surface area contributed by atoms with E-state index in [0.717, 1.165) is 12.8 Å². The zero-order chi connectivity index (χ0) is 19.0. The fourth-order valence-corrected chi connectivity index (χ4v) is 5.91. The largest absolute Gasteiger partial charge is 0.393 e. The van der Waals surface area contributed by atoms with E-state index in [2.05, 4.69) is 18.2 Å². The van der Waals surface area contributed by atoms with Crippen molar-refractivity contribution >= 4 is 15.9 Å². The highest BCUT2D eigenvalue weighted by Crippen LogP contribution is 2.34. The number of hydrogen-bond donors (Lipinski definition) is 1. The van der Waals surface area contributed by atoms with E-state index in [1.54, 1.807) is 17.1 Å². The monoisotopic (exact) mass is 390 g/mol. The first-order chi connectivity index (χ1) is 13.0. The van der Waals surface area contributed by atoms with Crippen LogP contribution in [0, 0.1) is 5.92 Å². The molecule has 4 rings (SSSR count). The Kier molecular flexibility index (Phi) is 5.09. The highest BCUT2D eigenvalue weighted by atomic mass is 32.2. The highest BCUT2D eigenvalue weighted by Gasteiger charge is 2.36. The van der Waals surface area contributed by atoms with Crippen LogP contribution in [0.25, 0.3) is 0 Å². The van der Waals surface area contributed by atoms with Crippen LogP contribution in [-0.2, 0) is 14.8 Å². The third-order valence-corrected chi connectivity index (χ3v) is 7.87. The van der Waals surface area contributed by atoms with Crippen molar-refractivity contribution in [3.63, 3.8) is 0 Å². The van der Waals surface area contributed by atoms with Crippen LogP contribution >= 0.6 is 0 Å². The molecule has 1 N–H and O–H groups in total. The van der Waals surface area contributed by atoms with Crippen molar-refractivity contribution in [2.45, 2.75) is 50.7 Å². The molecule has 1 fully saturated rings. The summed E-state index contributed by atoms with van der Waals surface area (Å²) >= 11 is 0. The summed E-state index contributed by atoms with van der Waals surface area (Å²) in [5, 5.41) is 9.62. The van der Waals surface area contributed by atoms with Gasteiger partial charge in [-0.05, 0) is 44.6 Å². The first-order valence-corrected chi connectivity index (χ1v) is 11.2. The number of rotatable bonds is 3. The standard InChI is InChI=1S/C20H26N2O4S/c23-17-9-11-21(12-10-17)27(25,26)18-6-3-5-16(14-18)20(24)22-13-8-15-4-1-2-7-19(15)22/h1-2,6,8,13-15,17,19,23H,3-5,7,9-12H2. The molecule has 146 valence electrons. The van der Waals surface area contributed by atoms with Gasteiger partial charge in [-0.3, -0.25) is 4.79 Å². The van der Waals surface area contributed by atoms with Crippen molar-refractivity contribution in [1.29, 1.82) is 0 Å². The number of aliphatic hydroxyl groups excluding tert-OH is 1. The molecule has 1 saturated heterocycles. The molecule has 2 aliphatic carbocycles. The molecule has 2 unspecified atom stereocenters. The van der Waals surface area contributed by atoms with Gasteiger partial charge in [0.2, 0.25) is 10.0 Å². The van der Waals surface area contributed by atoms with E-state index in [0.29, 0.717) is 50.3 Å². The number of hydrogen-bond acceptors (Lipinski definition) is 4. The molecule has 0 bridgehead atoms. The average Bonchev–Trinajstić information content (AvgIpc) is 3.12. The normalized spacial score (nSPS) is 29.4. The molecule has 2 heterocycles. The third-order valence-electron chi connectivity index (χ3n) is 5.94. The van der Waals surface area contributed by atoms with Crippen LogP contribution in [0.2, 0.25) is 0 Å². The van der Waals surface area contributed by atoms with Crippen LogP contribution in [0.15, 0.2) is 47.1 Å². The Balaban J connectivity index is 1.52. The van der Waals surface area contributed by atoms with Gasteiger partial charge in [0.1, 0.15) is 0 Å². The summed E-state index contributed by atoms with van der Waals surface area (Å²) in [6, 6.07) is 0.151. The van der Waals surface area contributed by atoms with E-state index in [1.807, 2.05) is 6.20 Å². The second-order valence-electron chi connectivity index (χ2n) is 7.68. The molecule has 0 radical (unpaired) electrons. The molecule has 0 aromatic carbocycles. The molecular formula is C20H26N2O4S. The first kappa shape index (κ1) is 18.7. The molecule has 2 aliphatic heterocycles. The SMILES string of the molecule is O=C(C1=CC(S(=O)(=O)N2CCC(O)CC2)=CCC1)N1C=CC2CC=CCC21. The second-order valence-corrected chi connectivity index (χ2v) is 9.62. The molecule has 0 saturated carbocycles. The van der Waals surface area contributed by atoms with Crippen LogP contribution in [0.5, 0.6) is 0 Å². The van der Waals surface area contributed by atoms with Crippen LogP contribution in [0.1, 0.15) is 38.5 Å². The summed E-state index contributed by atoms with van der Waals surface area (Å²) in [6.07, 6.45) is 14.9. The van der Waals surface area contributed by atoms with E-state index >= 15 is 0 Å². The topological polar surface area (TPSA) is 77.9 Å². The van der Waals surface area contributed by atoms with Gasteiger partial charge < -0.3 is 10.0 Å². The maximum atomic E-state index is 13.1. The fourth-order valence-electron chi connectivity index (χ4n) is 4.30. The fraction of sp³-hybridized carbons (Fsp3) is 0.550. The Morgan fingerprint density at radius 1 is 1.15 bits per heavy atom. The molecule has 0 spiro atoms. The van der Waals surface area contributed by atoms with Crippen LogP contribution < -0.4 is 0 Å². The van der Waals surface area contributed by atoms with Gasteiger partial charge in [0.05, 0.1) is 11.0 Å². The number of aliphatic hydroxyl groups is 1. The first-order valence-electron chi connectivity index (χ1n) is 9.72. The molecule has 0 aromatic heterocycles. The Hall–Kier alpha value is -1.70. The van der Waals surface area contributed by atoms with Crippen molar-refractivity contribution in [2.75, 3.05) is 13.1 Å². The lowest BCUT2D eigenvalue weighted by Crippen LogP contribution is -2.41. The number of allylic oxidation sites excluding steroid dienone is 3. The zero-order valence-corrected chi connectivity index (χ0v) is 16.1. The minimum atomic E-state index is -3.61. The van der Waals surface area contributed by atoms with Crippen molar-refractivity contribution in [1.82, 2.24) is 9.21 Å². The van der Waals surface area contributed by atoms with Crippen molar-refractivity contribution < 1.29 is 18.3 Å². The molecule has 1 amide bonds. The lowest BCUT2D eigenvalue weighted by Gasteiger charge is -2.31. The van der Waals surface area contributed by atoms with E-state index in [4.69, 9.17) is 0 Å². The van der Waals surface area contributed by atoms with Crippen molar-refractivity contribution in [3.8, 4) is 0 Å². The third kappa shape index (κ3) is 3.56. The van der Waals surface area contributed by atoms with Crippen molar-refractivity contribution in [2.24, 2.45) is 5.92 Å². The molecule has 27 heavy (non-hydrogen) atoms. The van der Waals surface area contributed by atoms with Crippen LogP contribution in [0.3, 0.4) is 0 Å². The zero-order valence-electron chi connectivity index (χ0n) is 15.3. The van der Waals surface area contributed by atoms with Gasteiger partial charge >= 0.3 is 0 Å². The molecule has 7 heteroatoms. The minimum Gasteiger partial charge on any atom is -0.393 e. The van der Waals surface area contributed by atoms with E-state index in [-0.39, 0.29) is 16.9 Å². The number of piperidine rings is 1. The molecular weight excluding hydrogens is 364 g/mol. The Morgan fingerprint density at radius 2 is 1.89 bits per heavy atom. The van der Waals surface area contributed by atoms with E-state index < -0.39 is 16.1 Å². The maximum Gasteiger partial charge on any atom is 0.254 e.